The molecule has 0 radical (unpaired) electrons. The summed E-state index contributed by atoms with van der Waals surface area (Å²) >= 11 is 0. The van der Waals surface area contributed by atoms with Gasteiger partial charge in [-0.25, -0.2) is 0 Å². The van der Waals surface area contributed by atoms with Crippen molar-refractivity contribution in [2.24, 2.45) is 0 Å². The summed E-state index contributed by atoms with van der Waals surface area (Å²) in [6.45, 7) is 3.32. The lowest BCUT2D eigenvalue weighted by Crippen LogP contribution is -2.29. The molecule has 0 unspecified atom stereocenters. The van der Waals surface area contributed by atoms with Gasteiger partial charge in [0.25, 0.3) is 0 Å². The number of amides is 2. The zero-order chi connectivity index (χ0) is 19.8. The highest BCUT2D eigenvalue weighted by Crippen LogP contribution is 2.21. The summed E-state index contributed by atoms with van der Waals surface area (Å²) in [6, 6.07) is 18.1. The van der Waals surface area contributed by atoms with Crippen LogP contribution in [0.1, 0.15) is 30.4 Å². The van der Waals surface area contributed by atoms with Crippen LogP contribution >= 0.6 is 0 Å². The SMILES string of the molecule is CN(CCCNC(=O)Cc1ccc(N2CCCC2=O)cc1)Cc1ccccc1. The summed E-state index contributed by atoms with van der Waals surface area (Å²) in [5.74, 6) is 0.221. The number of anilines is 1. The highest BCUT2D eigenvalue weighted by atomic mass is 16.2. The van der Waals surface area contributed by atoms with Gasteiger partial charge < -0.3 is 15.1 Å². The van der Waals surface area contributed by atoms with E-state index in [1.807, 2.05) is 35.2 Å². The minimum absolute atomic E-state index is 0.0377. The number of nitrogens with one attached hydrogen (secondary N) is 1. The Morgan fingerprint density at radius 1 is 1.07 bits per heavy atom. The van der Waals surface area contributed by atoms with Gasteiger partial charge in [-0.1, -0.05) is 42.5 Å². The summed E-state index contributed by atoms with van der Waals surface area (Å²) < 4.78 is 0. The molecule has 1 aliphatic rings. The molecule has 1 heterocycles. The van der Waals surface area contributed by atoms with Crippen LogP contribution in [0.15, 0.2) is 54.6 Å². The zero-order valence-corrected chi connectivity index (χ0v) is 16.6. The minimum Gasteiger partial charge on any atom is -0.356 e. The normalized spacial score (nSPS) is 13.9. The molecule has 0 bridgehead atoms. The standard InChI is InChI=1S/C23H29N3O2/c1-25(18-20-7-3-2-4-8-20)15-6-14-24-22(27)17-19-10-12-21(13-11-19)26-16-5-9-23(26)28/h2-4,7-8,10-13H,5-6,9,14-18H2,1H3,(H,24,27). The van der Waals surface area contributed by atoms with E-state index in [1.165, 1.54) is 5.56 Å². The number of rotatable bonds is 9. The first-order chi connectivity index (χ1) is 13.6. The quantitative estimate of drug-likeness (QED) is 0.682. The molecule has 0 atom stereocenters. The molecule has 0 aliphatic carbocycles. The molecule has 28 heavy (non-hydrogen) atoms. The molecule has 2 aromatic rings. The molecular weight excluding hydrogens is 350 g/mol. The fourth-order valence-electron chi connectivity index (χ4n) is 3.51. The molecular formula is C23H29N3O2. The molecule has 3 rings (SSSR count). The van der Waals surface area contributed by atoms with Gasteiger partial charge in [0.1, 0.15) is 0 Å². The minimum atomic E-state index is 0.0377. The molecule has 2 amide bonds. The number of carbonyl (C=O) groups is 2. The lowest BCUT2D eigenvalue weighted by molar-refractivity contribution is -0.120. The first-order valence-electron chi connectivity index (χ1n) is 10.0. The van der Waals surface area contributed by atoms with Gasteiger partial charge in [0, 0.05) is 31.7 Å². The Morgan fingerprint density at radius 3 is 2.50 bits per heavy atom. The lowest BCUT2D eigenvalue weighted by atomic mass is 10.1. The number of benzene rings is 2. The van der Waals surface area contributed by atoms with E-state index in [2.05, 4.69) is 41.5 Å². The van der Waals surface area contributed by atoms with Crippen LogP contribution in [-0.2, 0) is 22.6 Å². The van der Waals surface area contributed by atoms with Crippen molar-refractivity contribution < 1.29 is 9.59 Å². The molecule has 1 saturated heterocycles. The second-order valence-electron chi connectivity index (χ2n) is 7.42. The van der Waals surface area contributed by atoms with Gasteiger partial charge in [0.2, 0.25) is 11.8 Å². The summed E-state index contributed by atoms with van der Waals surface area (Å²) in [5, 5.41) is 3.00. The van der Waals surface area contributed by atoms with Crippen molar-refractivity contribution in [1.29, 1.82) is 0 Å². The fourth-order valence-corrected chi connectivity index (χ4v) is 3.51. The van der Waals surface area contributed by atoms with Crippen molar-refractivity contribution in [3.63, 3.8) is 0 Å². The van der Waals surface area contributed by atoms with Gasteiger partial charge in [-0.15, -0.1) is 0 Å². The van der Waals surface area contributed by atoms with Crippen LogP contribution < -0.4 is 10.2 Å². The van der Waals surface area contributed by atoms with Gasteiger partial charge in [-0.3, -0.25) is 9.59 Å². The summed E-state index contributed by atoms with van der Waals surface area (Å²) in [4.78, 5) is 28.0. The lowest BCUT2D eigenvalue weighted by Gasteiger charge is -2.17. The van der Waals surface area contributed by atoms with Gasteiger partial charge in [-0.2, -0.15) is 0 Å². The Morgan fingerprint density at radius 2 is 1.82 bits per heavy atom. The van der Waals surface area contributed by atoms with Gasteiger partial charge in [0.05, 0.1) is 6.42 Å². The molecule has 0 spiro atoms. The highest BCUT2D eigenvalue weighted by molar-refractivity contribution is 5.95. The third-order valence-electron chi connectivity index (χ3n) is 5.02. The molecule has 0 aromatic heterocycles. The third-order valence-corrected chi connectivity index (χ3v) is 5.02. The third kappa shape index (κ3) is 5.92. The summed E-state index contributed by atoms with van der Waals surface area (Å²) in [5.41, 5.74) is 3.19. The van der Waals surface area contributed by atoms with E-state index in [0.717, 1.165) is 43.7 Å². The number of hydrogen-bond acceptors (Lipinski definition) is 3. The van der Waals surface area contributed by atoms with Crippen LogP contribution in [0, 0.1) is 0 Å². The van der Waals surface area contributed by atoms with Crippen LogP contribution in [-0.4, -0.2) is 43.4 Å². The van der Waals surface area contributed by atoms with Crippen LogP contribution in [0.4, 0.5) is 5.69 Å². The zero-order valence-electron chi connectivity index (χ0n) is 16.6. The van der Waals surface area contributed by atoms with Crippen molar-refractivity contribution in [3.05, 3.63) is 65.7 Å². The predicted octanol–water partition coefficient (Wildman–Crippen LogP) is 2.99. The van der Waals surface area contributed by atoms with Crippen molar-refractivity contribution in [2.75, 3.05) is 31.6 Å². The number of nitrogens with zero attached hydrogens (tertiary/aromatic N) is 2. The molecule has 5 nitrogen and oxygen atoms in total. The Kier molecular flexibility index (Phi) is 7.20. The average Bonchev–Trinajstić information content (AvgIpc) is 3.12. The average molecular weight is 380 g/mol. The fraction of sp³-hybridized carbons (Fsp3) is 0.391. The molecule has 148 valence electrons. The topological polar surface area (TPSA) is 52.7 Å². The maximum Gasteiger partial charge on any atom is 0.227 e. The van der Waals surface area contributed by atoms with E-state index in [-0.39, 0.29) is 11.8 Å². The highest BCUT2D eigenvalue weighted by Gasteiger charge is 2.21. The summed E-state index contributed by atoms with van der Waals surface area (Å²) in [6.07, 6.45) is 2.84. The van der Waals surface area contributed by atoms with Crippen LogP contribution in [0.5, 0.6) is 0 Å². The first-order valence-corrected chi connectivity index (χ1v) is 10.0. The summed E-state index contributed by atoms with van der Waals surface area (Å²) in [7, 11) is 2.10. The Hall–Kier alpha value is -2.66. The van der Waals surface area contributed by atoms with Crippen molar-refractivity contribution >= 4 is 17.5 Å². The van der Waals surface area contributed by atoms with Gasteiger partial charge in [-0.05, 0) is 49.7 Å². The van der Waals surface area contributed by atoms with E-state index < -0.39 is 0 Å². The van der Waals surface area contributed by atoms with E-state index in [9.17, 15) is 9.59 Å². The number of carbonyl (C=O) groups excluding carboxylic acids is 2. The first kappa shape index (κ1) is 20.1. The van der Waals surface area contributed by atoms with Crippen molar-refractivity contribution in [2.45, 2.75) is 32.2 Å². The van der Waals surface area contributed by atoms with Gasteiger partial charge in [0.15, 0.2) is 0 Å². The Labute approximate surface area is 167 Å². The van der Waals surface area contributed by atoms with E-state index >= 15 is 0 Å². The van der Waals surface area contributed by atoms with Crippen LogP contribution in [0.25, 0.3) is 0 Å². The molecule has 2 aromatic carbocycles. The van der Waals surface area contributed by atoms with E-state index in [0.29, 0.717) is 19.4 Å². The monoisotopic (exact) mass is 379 g/mol. The molecule has 1 N–H and O–H groups in total. The Bertz CT molecular complexity index is 774. The molecule has 1 fully saturated rings. The van der Waals surface area contributed by atoms with Crippen LogP contribution in [0.3, 0.4) is 0 Å². The second kappa shape index (κ2) is 10.0. The van der Waals surface area contributed by atoms with E-state index in [1.54, 1.807) is 0 Å². The Balaban J connectivity index is 1.34. The van der Waals surface area contributed by atoms with Crippen molar-refractivity contribution in [1.82, 2.24) is 10.2 Å². The van der Waals surface area contributed by atoms with Gasteiger partial charge >= 0.3 is 0 Å². The maximum atomic E-state index is 12.2. The maximum absolute atomic E-state index is 12.2. The smallest absolute Gasteiger partial charge is 0.227 e. The van der Waals surface area contributed by atoms with Crippen LogP contribution in [0.2, 0.25) is 0 Å². The number of hydrogen-bond donors (Lipinski definition) is 1. The second-order valence-corrected chi connectivity index (χ2v) is 7.42. The van der Waals surface area contributed by atoms with E-state index in [4.69, 9.17) is 0 Å². The van der Waals surface area contributed by atoms with Crippen molar-refractivity contribution in [3.8, 4) is 0 Å². The molecule has 1 aliphatic heterocycles. The predicted molar refractivity (Wildman–Crippen MR) is 112 cm³/mol. The molecule has 0 saturated carbocycles. The largest absolute Gasteiger partial charge is 0.356 e. The molecule has 5 heteroatoms.